The van der Waals surface area contributed by atoms with Gasteiger partial charge in [-0.15, -0.1) is 0 Å². The standard InChI is InChI=1S/C12H20N4O3/c1-5-6-16(7-9(17)19-4)12(18)11-10(13)8(2)14-15(11)3/h5-7,13H2,1-4H3. The maximum absolute atomic E-state index is 12.4. The van der Waals surface area contributed by atoms with Crippen LogP contribution < -0.4 is 5.73 Å². The van der Waals surface area contributed by atoms with E-state index in [0.29, 0.717) is 23.6 Å². The largest absolute Gasteiger partial charge is 0.468 e. The van der Waals surface area contributed by atoms with Crippen LogP contribution in [0.4, 0.5) is 5.69 Å². The van der Waals surface area contributed by atoms with Crippen molar-refractivity contribution in [3.05, 3.63) is 11.4 Å². The van der Waals surface area contributed by atoms with Crippen LogP contribution in [-0.2, 0) is 16.6 Å². The van der Waals surface area contributed by atoms with Gasteiger partial charge in [0.05, 0.1) is 18.5 Å². The second-order valence-electron chi connectivity index (χ2n) is 4.27. The first-order valence-electron chi connectivity index (χ1n) is 6.07. The van der Waals surface area contributed by atoms with Gasteiger partial charge < -0.3 is 15.4 Å². The second kappa shape index (κ2) is 6.21. The Balaban J connectivity index is 3.02. The van der Waals surface area contributed by atoms with Crippen LogP contribution in [0.2, 0.25) is 0 Å². The minimum absolute atomic E-state index is 0.0904. The Kier molecular flexibility index (Phi) is 4.91. The van der Waals surface area contributed by atoms with E-state index in [1.54, 1.807) is 14.0 Å². The Morgan fingerprint density at radius 3 is 2.53 bits per heavy atom. The highest BCUT2D eigenvalue weighted by Crippen LogP contribution is 2.17. The van der Waals surface area contributed by atoms with E-state index in [2.05, 4.69) is 9.84 Å². The number of ether oxygens (including phenoxy) is 1. The van der Waals surface area contributed by atoms with E-state index < -0.39 is 5.97 Å². The molecule has 1 amide bonds. The Morgan fingerprint density at radius 1 is 1.47 bits per heavy atom. The Labute approximate surface area is 112 Å². The molecular weight excluding hydrogens is 248 g/mol. The summed E-state index contributed by atoms with van der Waals surface area (Å²) in [7, 11) is 2.94. The van der Waals surface area contributed by atoms with Gasteiger partial charge in [-0.1, -0.05) is 6.92 Å². The smallest absolute Gasteiger partial charge is 0.325 e. The number of anilines is 1. The lowest BCUT2D eigenvalue weighted by molar-refractivity contribution is -0.141. The molecule has 0 aliphatic carbocycles. The van der Waals surface area contributed by atoms with Gasteiger partial charge in [-0.3, -0.25) is 14.3 Å². The number of rotatable bonds is 5. The molecule has 1 rings (SSSR count). The molecule has 2 N–H and O–H groups in total. The van der Waals surface area contributed by atoms with E-state index in [9.17, 15) is 9.59 Å². The van der Waals surface area contributed by atoms with E-state index in [0.717, 1.165) is 6.42 Å². The first-order chi connectivity index (χ1) is 8.92. The number of hydrogen-bond donors (Lipinski definition) is 1. The summed E-state index contributed by atoms with van der Waals surface area (Å²) >= 11 is 0. The number of carbonyl (C=O) groups excluding carboxylic acids is 2. The van der Waals surface area contributed by atoms with Crippen molar-refractivity contribution < 1.29 is 14.3 Å². The third kappa shape index (κ3) is 3.24. The molecule has 0 radical (unpaired) electrons. The molecule has 0 fully saturated rings. The Hall–Kier alpha value is -2.05. The molecule has 0 saturated carbocycles. The van der Waals surface area contributed by atoms with Crippen molar-refractivity contribution in [1.82, 2.24) is 14.7 Å². The molecule has 106 valence electrons. The van der Waals surface area contributed by atoms with E-state index in [-0.39, 0.29) is 12.5 Å². The lowest BCUT2D eigenvalue weighted by Gasteiger charge is -2.20. The summed E-state index contributed by atoms with van der Waals surface area (Å²) in [6, 6.07) is 0. The molecule has 1 aromatic heterocycles. The zero-order valence-electron chi connectivity index (χ0n) is 11.8. The van der Waals surface area contributed by atoms with Gasteiger partial charge in [-0.2, -0.15) is 5.10 Å². The summed E-state index contributed by atoms with van der Waals surface area (Å²) < 4.78 is 6.03. The first kappa shape index (κ1) is 15.0. The topological polar surface area (TPSA) is 90.4 Å². The van der Waals surface area contributed by atoms with Gasteiger partial charge in [0, 0.05) is 13.6 Å². The third-order valence-electron chi connectivity index (χ3n) is 2.80. The summed E-state index contributed by atoms with van der Waals surface area (Å²) in [5.74, 6) is -0.771. The van der Waals surface area contributed by atoms with Gasteiger partial charge in [0.15, 0.2) is 0 Å². The van der Waals surface area contributed by atoms with E-state index >= 15 is 0 Å². The Morgan fingerprint density at radius 2 is 2.11 bits per heavy atom. The number of nitrogen functional groups attached to an aromatic ring is 1. The summed E-state index contributed by atoms with van der Waals surface area (Å²) in [5, 5.41) is 4.10. The van der Waals surface area contributed by atoms with Crippen LogP contribution in [0.25, 0.3) is 0 Å². The van der Waals surface area contributed by atoms with Crippen molar-refractivity contribution in [2.24, 2.45) is 7.05 Å². The lowest BCUT2D eigenvalue weighted by Crippen LogP contribution is -2.38. The summed E-state index contributed by atoms with van der Waals surface area (Å²) in [5.41, 5.74) is 7.10. The minimum Gasteiger partial charge on any atom is -0.468 e. The molecule has 7 nitrogen and oxygen atoms in total. The van der Waals surface area contributed by atoms with Crippen molar-refractivity contribution in [3.8, 4) is 0 Å². The predicted molar refractivity (Wildman–Crippen MR) is 70.6 cm³/mol. The highest BCUT2D eigenvalue weighted by Gasteiger charge is 2.24. The van der Waals surface area contributed by atoms with Crippen LogP contribution in [0.1, 0.15) is 29.5 Å². The number of nitrogens with two attached hydrogens (primary N) is 1. The molecule has 7 heteroatoms. The van der Waals surface area contributed by atoms with E-state index in [1.807, 2.05) is 6.92 Å². The summed E-state index contributed by atoms with van der Waals surface area (Å²) in [6.45, 7) is 4.02. The zero-order chi connectivity index (χ0) is 14.6. The van der Waals surface area contributed by atoms with Crippen molar-refractivity contribution >= 4 is 17.6 Å². The molecule has 0 bridgehead atoms. The number of esters is 1. The van der Waals surface area contributed by atoms with Gasteiger partial charge >= 0.3 is 5.97 Å². The number of aromatic nitrogens is 2. The molecule has 0 aliphatic heterocycles. The maximum Gasteiger partial charge on any atom is 0.325 e. The fourth-order valence-corrected chi connectivity index (χ4v) is 1.82. The second-order valence-corrected chi connectivity index (χ2v) is 4.27. The van der Waals surface area contributed by atoms with Crippen LogP contribution in [0, 0.1) is 6.92 Å². The molecule has 0 saturated heterocycles. The van der Waals surface area contributed by atoms with E-state index in [1.165, 1.54) is 16.7 Å². The summed E-state index contributed by atoms with van der Waals surface area (Å²) in [4.78, 5) is 25.2. The third-order valence-corrected chi connectivity index (χ3v) is 2.80. The van der Waals surface area contributed by atoms with Crippen molar-refractivity contribution in [2.45, 2.75) is 20.3 Å². The number of aryl methyl sites for hydroxylation is 2. The lowest BCUT2D eigenvalue weighted by atomic mass is 10.2. The molecule has 0 atom stereocenters. The van der Waals surface area contributed by atoms with Gasteiger partial charge in [0.25, 0.3) is 5.91 Å². The monoisotopic (exact) mass is 268 g/mol. The quantitative estimate of drug-likeness (QED) is 0.777. The number of methoxy groups -OCH3 is 1. The van der Waals surface area contributed by atoms with Crippen molar-refractivity contribution in [2.75, 3.05) is 25.9 Å². The molecular formula is C12H20N4O3. The molecule has 0 aliphatic rings. The minimum atomic E-state index is -0.459. The predicted octanol–water partition coefficient (Wildman–Crippen LogP) is 0.336. The molecule has 19 heavy (non-hydrogen) atoms. The molecule has 0 aromatic carbocycles. The van der Waals surface area contributed by atoms with Crippen LogP contribution in [0.3, 0.4) is 0 Å². The fraction of sp³-hybridized carbons (Fsp3) is 0.583. The highest BCUT2D eigenvalue weighted by molar-refractivity contribution is 5.99. The van der Waals surface area contributed by atoms with Gasteiger partial charge in [-0.25, -0.2) is 0 Å². The number of hydrogen-bond acceptors (Lipinski definition) is 5. The van der Waals surface area contributed by atoms with Crippen LogP contribution in [-0.4, -0.2) is 46.8 Å². The average molecular weight is 268 g/mol. The van der Waals surface area contributed by atoms with E-state index in [4.69, 9.17) is 5.73 Å². The first-order valence-corrected chi connectivity index (χ1v) is 6.07. The number of nitrogens with zero attached hydrogens (tertiary/aromatic N) is 3. The van der Waals surface area contributed by atoms with Crippen molar-refractivity contribution in [1.29, 1.82) is 0 Å². The average Bonchev–Trinajstić information content (AvgIpc) is 2.62. The maximum atomic E-state index is 12.4. The van der Waals surface area contributed by atoms with Gasteiger partial charge in [-0.05, 0) is 13.3 Å². The number of carbonyl (C=O) groups is 2. The fourth-order valence-electron chi connectivity index (χ4n) is 1.82. The van der Waals surface area contributed by atoms with Crippen LogP contribution >= 0.6 is 0 Å². The highest BCUT2D eigenvalue weighted by atomic mass is 16.5. The molecule has 0 spiro atoms. The molecule has 1 aromatic rings. The van der Waals surface area contributed by atoms with Gasteiger partial charge in [0.2, 0.25) is 0 Å². The normalized spacial score (nSPS) is 10.3. The SMILES string of the molecule is CCCN(CC(=O)OC)C(=O)c1c(N)c(C)nn1C. The van der Waals surface area contributed by atoms with Crippen molar-refractivity contribution in [3.63, 3.8) is 0 Å². The zero-order valence-corrected chi connectivity index (χ0v) is 11.8. The van der Waals surface area contributed by atoms with Crippen LogP contribution in [0.15, 0.2) is 0 Å². The van der Waals surface area contributed by atoms with Crippen LogP contribution in [0.5, 0.6) is 0 Å². The molecule has 0 unspecified atom stereocenters. The summed E-state index contributed by atoms with van der Waals surface area (Å²) in [6.07, 6.45) is 0.736. The Bertz CT molecular complexity index is 482. The number of amides is 1. The molecule has 1 heterocycles. The van der Waals surface area contributed by atoms with Gasteiger partial charge in [0.1, 0.15) is 12.2 Å².